The van der Waals surface area contributed by atoms with Gasteiger partial charge in [0.25, 0.3) is 0 Å². The van der Waals surface area contributed by atoms with Crippen LogP contribution in [-0.2, 0) is 20.7 Å². The van der Waals surface area contributed by atoms with Crippen molar-refractivity contribution in [3.63, 3.8) is 0 Å². The normalized spacial score (nSPS) is 22.3. The van der Waals surface area contributed by atoms with Gasteiger partial charge in [0.1, 0.15) is 6.04 Å². The zero-order valence-corrected chi connectivity index (χ0v) is 11.9. The molecule has 1 saturated heterocycles. The van der Waals surface area contributed by atoms with E-state index in [-0.39, 0.29) is 23.9 Å². The zero-order chi connectivity index (χ0) is 14.8. The van der Waals surface area contributed by atoms with E-state index in [9.17, 15) is 9.59 Å². The predicted molar refractivity (Wildman–Crippen MR) is 77.9 cm³/mol. The first-order chi connectivity index (χ1) is 10.1. The van der Waals surface area contributed by atoms with Gasteiger partial charge in [-0.05, 0) is 24.1 Å². The first-order valence-electron chi connectivity index (χ1n) is 7.17. The first-order valence-corrected chi connectivity index (χ1v) is 7.17. The number of rotatable bonds is 3. The van der Waals surface area contributed by atoms with Crippen molar-refractivity contribution in [2.45, 2.75) is 25.4 Å². The topological polar surface area (TPSA) is 79.5 Å². The van der Waals surface area contributed by atoms with Crippen LogP contribution in [0, 0.1) is 0 Å². The van der Waals surface area contributed by atoms with Crippen LogP contribution in [0.4, 0.5) is 5.69 Å². The van der Waals surface area contributed by atoms with Crippen molar-refractivity contribution in [1.82, 2.24) is 10.6 Å². The third-order valence-electron chi connectivity index (χ3n) is 3.85. The Bertz CT molecular complexity index is 567. The molecule has 3 N–H and O–H groups in total. The van der Waals surface area contributed by atoms with E-state index < -0.39 is 0 Å². The fraction of sp³-hybridized carbons (Fsp3) is 0.467. The molecule has 0 aromatic heterocycles. The quantitative estimate of drug-likeness (QED) is 0.750. The molecule has 2 heterocycles. The van der Waals surface area contributed by atoms with E-state index in [0.29, 0.717) is 26.2 Å². The number of fused-ring (bicyclic) bond motifs is 1. The van der Waals surface area contributed by atoms with Crippen molar-refractivity contribution >= 4 is 17.5 Å². The van der Waals surface area contributed by atoms with Crippen LogP contribution in [0.3, 0.4) is 0 Å². The summed E-state index contributed by atoms with van der Waals surface area (Å²) in [6.07, 6.45) is 0.405. The average molecular weight is 289 g/mol. The minimum Gasteiger partial charge on any atom is -0.378 e. The summed E-state index contributed by atoms with van der Waals surface area (Å²) in [6.45, 7) is 3.68. The second-order valence-corrected chi connectivity index (χ2v) is 5.45. The smallest absolute Gasteiger partial charge is 0.240 e. The zero-order valence-electron chi connectivity index (χ0n) is 11.9. The Morgan fingerprint density at radius 1 is 1.48 bits per heavy atom. The highest BCUT2D eigenvalue weighted by Crippen LogP contribution is 2.26. The summed E-state index contributed by atoms with van der Waals surface area (Å²) >= 11 is 0. The first kappa shape index (κ1) is 14.0. The molecule has 6 heteroatoms. The number of hydrogen-bond donors (Lipinski definition) is 3. The van der Waals surface area contributed by atoms with Gasteiger partial charge in [-0.3, -0.25) is 9.59 Å². The molecule has 2 amide bonds. The summed E-state index contributed by atoms with van der Waals surface area (Å²) in [7, 11) is 0. The van der Waals surface area contributed by atoms with E-state index in [4.69, 9.17) is 4.74 Å². The van der Waals surface area contributed by atoms with Gasteiger partial charge in [0, 0.05) is 12.2 Å². The van der Waals surface area contributed by atoms with Crippen LogP contribution in [0.5, 0.6) is 0 Å². The molecule has 3 rings (SSSR count). The standard InChI is InChI=1S/C15H19N3O3/c1-9(17-15(20)13-8-21-5-4-16-13)10-2-3-12-11(6-10)7-14(19)18-12/h2-3,6,9,13,16H,4-5,7-8H2,1H3,(H,17,20)(H,18,19)/t9-,13+/m0/s1. The number of ether oxygens (including phenoxy) is 1. The molecule has 0 bridgehead atoms. The second-order valence-electron chi connectivity index (χ2n) is 5.45. The summed E-state index contributed by atoms with van der Waals surface area (Å²) in [5.41, 5.74) is 2.85. The molecular formula is C15H19N3O3. The summed E-state index contributed by atoms with van der Waals surface area (Å²) in [5, 5.41) is 8.92. The molecule has 112 valence electrons. The number of hydrogen-bond acceptors (Lipinski definition) is 4. The Balaban J connectivity index is 1.65. The summed E-state index contributed by atoms with van der Waals surface area (Å²) in [6, 6.07) is 5.39. The highest BCUT2D eigenvalue weighted by atomic mass is 16.5. The molecule has 2 aliphatic heterocycles. The Kier molecular flexibility index (Phi) is 3.90. The SMILES string of the molecule is C[C@H](NC(=O)[C@H]1COCCN1)c1ccc2c(c1)CC(=O)N2. The van der Waals surface area contributed by atoms with E-state index in [0.717, 1.165) is 16.8 Å². The van der Waals surface area contributed by atoms with Crippen molar-refractivity contribution in [2.75, 3.05) is 25.1 Å². The van der Waals surface area contributed by atoms with E-state index in [1.165, 1.54) is 0 Å². The van der Waals surface area contributed by atoms with E-state index in [2.05, 4.69) is 16.0 Å². The molecule has 21 heavy (non-hydrogen) atoms. The van der Waals surface area contributed by atoms with Gasteiger partial charge in [-0.2, -0.15) is 0 Å². The maximum Gasteiger partial charge on any atom is 0.240 e. The van der Waals surface area contributed by atoms with Gasteiger partial charge in [0.15, 0.2) is 0 Å². The second kappa shape index (κ2) is 5.83. The van der Waals surface area contributed by atoms with Crippen molar-refractivity contribution in [2.24, 2.45) is 0 Å². The van der Waals surface area contributed by atoms with Gasteiger partial charge in [0.05, 0.1) is 25.7 Å². The molecule has 1 aromatic rings. The molecule has 2 atom stereocenters. The largest absolute Gasteiger partial charge is 0.378 e. The number of carbonyl (C=O) groups excluding carboxylic acids is 2. The lowest BCUT2D eigenvalue weighted by Crippen LogP contribution is -2.51. The van der Waals surface area contributed by atoms with E-state index in [1.807, 2.05) is 25.1 Å². The lowest BCUT2D eigenvalue weighted by molar-refractivity contribution is -0.126. The van der Waals surface area contributed by atoms with Gasteiger partial charge in [0.2, 0.25) is 11.8 Å². The molecule has 0 spiro atoms. The average Bonchev–Trinajstić information content (AvgIpc) is 2.87. The molecule has 0 radical (unpaired) electrons. The number of benzene rings is 1. The van der Waals surface area contributed by atoms with Gasteiger partial charge in [-0.1, -0.05) is 12.1 Å². The summed E-state index contributed by atoms with van der Waals surface area (Å²) in [5.74, 6) is -0.0423. The van der Waals surface area contributed by atoms with Gasteiger partial charge in [-0.15, -0.1) is 0 Å². The fourth-order valence-corrected chi connectivity index (χ4v) is 2.65. The number of carbonyl (C=O) groups is 2. The van der Waals surface area contributed by atoms with Gasteiger partial charge >= 0.3 is 0 Å². The van der Waals surface area contributed by atoms with Crippen LogP contribution >= 0.6 is 0 Å². The molecule has 2 aliphatic rings. The predicted octanol–water partition coefficient (Wildman–Crippen LogP) is 0.347. The van der Waals surface area contributed by atoms with Crippen molar-refractivity contribution in [3.05, 3.63) is 29.3 Å². The lowest BCUT2D eigenvalue weighted by atomic mass is 10.0. The number of anilines is 1. The molecule has 0 aliphatic carbocycles. The highest BCUT2D eigenvalue weighted by molar-refractivity contribution is 5.99. The third kappa shape index (κ3) is 3.06. The highest BCUT2D eigenvalue weighted by Gasteiger charge is 2.24. The van der Waals surface area contributed by atoms with Crippen LogP contribution in [0.1, 0.15) is 24.1 Å². The monoisotopic (exact) mass is 289 g/mol. The number of amides is 2. The summed E-state index contributed by atoms with van der Waals surface area (Å²) in [4.78, 5) is 23.5. The molecule has 0 saturated carbocycles. The van der Waals surface area contributed by atoms with Crippen LogP contribution < -0.4 is 16.0 Å². The Labute approximate surface area is 123 Å². The van der Waals surface area contributed by atoms with Gasteiger partial charge in [-0.25, -0.2) is 0 Å². The Morgan fingerprint density at radius 3 is 3.10 bits per heavy atom. The minimum absolute atomic E-state index is 0.0161. The van der Waals surface area contributed by atoms with Crippen molar-refractivity contribution < 1.29 is 14.3 Å². The number of nitrogens with one attached hydrogen (secondary N) is 3. The lowest BCUT2D eigenvalue weighted by Gasteiger charge is -2.25. The molecule has 6 nitrogen and oxygen atoms in total. The van der Waals surface area contributed by atoms with Crippen LogP contribution in [0.2, 0.25) is 0 Å². The van der Waals surface area contributed by atoms with Crippen LogP contribution in [0.15, 0.2) is 18.2 Å². The fourth-order valence-electron chi connectivity index (χ4n) is 2.65. The third-order valence-corrected chi connectivity index (χ3v) is 3.85. The Morgan fingerprint density at radius 2 is 2.33 bits per heavy atom. The molecule has 0 unspecified atom stereocenters. The maximum atomic E-state index is 12.1. The number of morpholine rings is 1. The van der Waals surface area contributed by atoms with E-state index in [1.54, 1.807) is 0 Å². The van der Waals surface area contributed by atoms with Crippen molar-refractivity contribution in [3.8, 4) is 0 Å². The minimum atomic E-state index is -0.293. The molecular weight excluding hydrogens is 270 g/mol. The molecule has 1 fully saturated rings. The van der Waals surface area contributed by atoms with Crippen molar-refractivity contribution in [1.29, 1.82) is 0 Å². The van der Waals surface area contributed by atoms with Crippen LogP contribution in [0.25, 0.3) is 0 Å². The Hall–Kier alpha value is -1.92. The molecule has 1 aromatic carbocycles. The summed E-state index contributed by atoms with van der Waals surface area (Å²) < 4.78 is 5.29. The maximum absolute atomic E-state index is 12.1. The van der Waals surface area contributed by atoms with Crippen LogP contribution in [-0.4, -0.2) is 37.6 Å². The van der Waals surface area contributed by atoms with Gasteiger partial charge < -0.3 is 20.7 Å². The van der Waals surface area contributed by atoms with E-state index >= 15 is 0 Å².